The van der Waals surface area contributed by atoms with E-state index < -0.39 is 17.5 Å². The third-order valence-corrected chi connectivity index (χ3v) is 6.29. The summed E-state index contributed by atoms with van der Waals surface area (Å²) in [5, 5.41) is 2.63. The number of ether oxygens (including phenoxy) is 1. The molecule has 32 heavy (non-hydrogen) atoms. The Kier molecular flexibility index (Phi) is 4.91. The largest absolute Gasteiger partial charge is 0.468 e. The first-order valence-electron chi connectivity index (χ1n) is 9.75. The summed E-state index contributed by atoms with van der Waals surface area (Å²) in [6, 6.07) is 20.1. The van der Waals surface area contributed by atoms with E-state index in [0.29, 0.717) is 15.8 Å². The molecule has 0 bridgehead atoms. The molecule has 0 aliphatic heterocycles. The van der Waals surface area contributed by atoms with Crippen molar-refractivity contribution in [2.75, 3.05) is 7.11 Å². The Morgan fingerprint density at radius 2 is 1.78 bits per heavy atom. The average Bonchev–Trinajstić information content (AvgIpc) is 3.15. The van der Waals surface area contributed by atoms with E-state index >= 15 is 0 Å². The number of rotatable bonds is 3. The smallest absolute Gasteiger partial charge is 0.349 e. The summed E-state index contributed by atoms with van der Waals surface area (Å²) >= 11 is 1.27. The molecule has 0 N–H and O–H groups in total. The van der Waals surface area contributed by atoms with Crippen LogP contribution in [0.5, 0.6) is 0 Å². The molecule has 0 unspecified atom stereocenters. The minimum absolute atomic E-state index is 0.118. The molecular formula is C24H16N2O5S. The Morgan fingerprint density at radius 3 is 2.59 bits per heavy atom. The molecule has 0 aliphatic rings. The third-order valence-electron chi connectivity index (χ3n) is 5.16. The molecule has 2 heterocycles. The van der Waals surface area contributed by atoms with Gasteiger partial charge in [-0.2, -0.15) is 4.99 Å². The van der Waals surface area contributed by atoms with Crippen LogP contribution in [0.3, 0.4) is 0 Å². The number of hydrogen-bond acceptors (Lipinski definition) is 6. The molecule has 5 aromatic rings. The van der Waals surface area contributed by atoms with Gasteiger partial charge in [-0.15, -0.1) is 0 Å². The lowest BCUT2D eigenvalue weighted by molar-refractivity contribution is -0.141. The SMILES string of the molecule is COC(=O)Cn1c(=NC(=O)c2cc3ccccc3oc2=O)sc2c3ccccc3ccc21. The number of esters is 1. The van der Waals surface area contributed by atoms with Crippen molar-refractivity contribution in [1.29, 1.82) is 0 Å². The number of aromatic nitrogens is 1. The van der Waals surface area contributed by atoms with Crippen molar-refractivity contribution >= 4 is 55.2 Å². The highest BCUT2D eigenvalue weighted by molar-refractivity contribution is 7.17. The lowest BCUT2D eigenvalue weighted by Crippen LogP contribution is -2.23. The van der Waals surface area contributed by atoms with Crippen LogP contribution in [0.1, 0.15) is 10.4 Å². The molecule has 0 aliphatic carbocycles. The van der Waals surface area contributed by atoms with Crippen molar-refractivity contribution in [2.45, 2.75) is 6.54 Å². The van der Waals surface area contributed by atoms with E-state index in [2.05, 4.69) is 4.99 Å². The van der Waals surface area contributed by atoms with E-state index in [9.17, 15) is 14.4 Å². The number of benzene rings is 3. The predicted octanol–water partition coefficient (Wildman–Crippen LogP) is 3.88. The van der Waals surface area contributed by atoms with Crippen molar-refractivity contribution < 1.29 is 18.7 Å². The summed E-state index contributed by atoms with van der Waals surface area (Å²) in [7, 11) is 1.30. The van der Waals surface area contributed by atoms with Gasteiger partial charge in [0.1, 0.15) is 17.7 Å². The average molecular weight is 444 g/mol. The molecular weight excluding hydrogens is 428 g/mol. The van der Waals surface area contributed by atoms with E-state index in [0.717, 1.165) is 21.0 Å². The molecule has 8 heteroatoms. The minimum Gasteiger partial charge on any atom is -0.468 e. The minimum atomic E-state index is -0.761. The van der Waals surface area contributed by atoms with Gasteiger partial charge in [0.2, 0.25) is 0 Å². The lowest BCUT2D eigenvalue weighted by Gasteiger charge is -2.04. The number of methoxy groups -OCH3 is 1. The maximum atomic E-state index is 13.0. The molecule has 0 fully saturated rings. The van der Waals surface area contributed by atoms with Gasteiger partial charge in [-0.1, -0.05) is 59.9 Å². The fourth-order valence-corrected chi connectivity index (χ4v) is 4.75. The van der Waals surface area contributed by atoms with Crippen LogP contribution in [0.15, 0.2) is 80.9 Å². The highest BCUT2D eigenvalue weighted by Crippen LogP contribution is 2.27. The van der Waals surface area contributed by atoms with Gasteiger partial charge in [-0.25, -0.2) is 4.79 Å². The third kappa shape index (κ3) is 3.40. The standard InChI is InChI=1S/C24H16N2O5S/c1-30-20(27)13-26-18-11-10-14-6-2-4-8-16(14)21(18)32-24(26)25-22(28)17-12-15-7-3-5-9-19(15)31-23(17)29/h2-12H,13H2,1H3. The Hall–Kier alpha value is -4.04. The summed E-state index contributed by atoms with van der Waals surface area (Å²) in [4.78, 5) is 41.9. The monoisotopic (exact) mass is 444 g/mol. The molecule has 5 rings (SSSR count). The molecule has 158 valence electrons. The second-order valence-corrected chi connectivity index (χ2v) is 8.06. The van der Waals surface area contributed by atoms with Crippen LogP contribution in [-0.2, 0) is 16.1 Å². The summed E-state index contributed by atoms with van der Waals surface area (Å²) in [6.07, 6.45) is 0. The maximum Gasteiger partial charge on any atom is 0.349 e. The first-order valence-corrected chi connectivity index (χ1v) is 10.6. The van der Waals surface area contributed by atoms with Gasteiger partial charge in [-0.3, -0.25) is 9.59 Å². The van der Waals surface area contributed by atoms with Crippen LogP contribution in [0.2, 0.25) is 0 Å². The highest BCUT2D eigenvalue weighted by Gasteiger charge is 2.17. The van der Waals surface area contributed by atoms with Gasteiger partial charge in [0.05, 0.1) is 17.3 Å². The molecule has 0 radical (unpaired) electrons. The van der Waals surface area contributed by atoms with Crippen molar-refractivity contribution in [3.05, 3.63) is 87.5 Å². The van der Waals surface area contributed by atoms with Crippen LogP contribution in [0, 0.1) is 0 Å². The van der Waals surface area contributed by atoms with Crippen LogP contribution in [-0.4, -0.2) is 23.6 Å². The van der Waals surface area contributed by atoms with E-state index in [1.165, 1.54) is 24.5 Å². The number of thiazole rings is 1. The zero-order valence-electron chi connectivity index (χ0n) is 16.9. The number of para-hydroxylation sites is 1. The second kappa shape index (κ2) is 7.90. The Balaban J connectivity index is 1.73. The zero-order chi connectivity index (χ0) is 22.2. The normalized spacial score (nSPS) is 12.0. The fourth-order valence-electron chi connectivity index (χ4n) is 3.59. The zero-order valence-corrected chi connectivity index (χ0v) is 17.7. The van der Waals surface area contributed by atoms with Gasteiger partial charge in [-0.05, 0) is 23.6 Å². The van der Waals surface area contributed by atoms with E-state index in [1.54, 1.807) is 28.8 Å². The van der Waals surface area contributed by atoms with Gasteiger partial charge < -0.3 is 13.7 Å². The predicted molar refractivity (Wildman–Crippen MR) is 122 cm³/mol. The second-order valence-electron chi connectivity index (χ2n) is 7.08. The summed E-state index contributed by atoms with van der Waals surface area (Å²) in [6.45, 7) is -0.118. The van der Waals surface area contributed by atoms with Crippen LogP contribution >= 0.6 is 11.3 Å². The number of nitrogens with zero attached hydrogens (tertiary/aromatic N) is 2. The Bertz CT molecular complexity index is 1660. The van der Waals surface area contributed by atoms with E-state index in [1.807, 2.05) is 36.4 Å². The molecule has 7 nitrogen and oxygen atoms in total. The van der Waals surface area contributed by atoms with Crippen molar-refractivity contribution in [2.24, 2.45) is 4.99 Å². The quantitative estimate of drug-likeness (QED) is 0.311. The van der Waals surface area contributed by atoms with E-state index in [-0.39, 0.29) is 12.1 Å². The molecule has 2 aromatic heterocycles. The fraction of sp³-hybridized carbons (Fsp3) is 0.0833. The van der Waals surface area contributed by atoms with Crippen molar-refractivity contribution in [3.8, 4) is 0 Å². The maximum absolute atomic E-state index is 13.0. The molecule has 0 atom stereocenters. The van der Waals surface area contributed by atoms with Crippen LogP contribution in [0.4, 0.5) is 0 Å². The van der Waals surface area contributed by atoms with Gasteiger partial charge >= 0.3 is 11.6 Å². The lowest BCUT2D eigenvalue weighted by atomic mass is 10.1. The number of hydrogen-bond donors (Lipinski definition) is 0. The Labute approximate surface area is 184 Å². The molecule has 1 amide bonds. The number of carbonyl (C=O) groups is 2. The molecule has 0 saturated heterocycles. The highest BCUT2D eigenvalue weighted by atomic mass is 32.1. The van der Waals surface area contributed by atoms with E-state index in [4.69, 9.17) is 9.15 Å². The number of amides is 1. The molecule has 0 saturated carbocycles. The first-order chi connectivity index (χ1) is 15.5. The summed E-state index contributed by atoms with van der Waals surface area (Å²) in [5.74, 6) is -1.21. The van der Waals surface area contributed by atoms with Crippen molar-refractivity contribution in [3.63, 3.8) is 0 Å². The van der Waals surface area contributed by atoms with Gasteiger partial charge in [0.15, 0.2) is 4.80 Å². The van der Waals surface area contributed by atoms with Gasteiger partial charge in [0, 0.05) is 10.8 Å². The molecule has 3 aromatic carbocycles. The van der Waals surface area contributed by atoms with Crippen molar-refractivity contribution in [1.82, 2.24) is 4.57 Å². The van der Waals surface area contributed by atoms with Crippen LogP contribution < -0.4 is 10.4 Å². The molecule has 0 spiro atoms. The first kappa shape index (κ1) is 19.9. The summed E-state index contributed by atoms with van der Waals surface area (Å²) in [5.41, 5.74) is 0.207. The topological polar surface area (TPSA) is 90.9 Å². The Morgan fingerprint density at radius 1 is 1.03 bits per heavy atom. The van der Waals surface area contributed by atoms with Gasteiger partial charge in [0.25, 0.3) is 5.91 Å². The number of fused-ring (bicyclic) bond motifs is 4. The van der Waals surface area contributed by atoms with Crippen LogP contribution in [0.25, 0.3) is 32.0 Å². The summed E-state index contributed by atoms with van der Waals surface area (Å²) < 4.78 is 12.6. The number of carbonyl (C=O) groups excluding carboxylic acids is 2.